The molecule has 1 aliphatic rings. The summed E-state index contributed by atoms with van der Waals surface area (Å²) in [6.07, 6.45) is 5.35. The Kier molecular flexibility index (Phi) is 8.32. The summed E-state index contributed by atoms with van der Waals surface area (Å²) in [5.74, 6) is -0.292. The van der Waals surface area contributed by atoms with Gasteiger partial charge in [-0.3, -0.25) is 14.0 Å². The van der Waals surface area contributed by atoms with Gasteiger partial charge in [-0.15, -0.1) is 0 Å². The Morgan fingerprint density at radius 1 is 1.06 bits per heavy atom. The maximum Gasteiger partial charge on any atom is 0.244 e. The summed E-state index contributed by atoms with van der Waals surface area (Å²) < 4.78 is 26.4. The first-order valence-electron chi connectivity index (χ1n) is 11.4. The number of piperidine rings is 1. The number of amides is 1. The molecule has 1 amide bonds. The van der Waals surface area contributed by atoms with Crippen LogP contribution in [0.2, 0.25) is 0 Å². The van der Waals surface area contributed by atoms with Crippen molar-refractivity contribution >= 4 is 21.6 Å². The zero-order valence-corrected chi connectivity index (χ0v) is 20.2. The number of likely N-dealkylation sites (tertiary alicyclic amines) is 1. The van der Waals surface area contributed by atoms with Gasteiger partial charge in [-0.05, 0) is 62.5 Å². The lowest BCUT2D eigenvalue weighted by molar-refractivity contribution is -0.122. The summed E-state index contributed by atoms with van der Waals surface area (Å²) in [6.45, 7) is 7.34. The zero-order valence-electron chi connectivity index (χ0n) is 19.4. The number of nitrogens with one attached hydrogen (secondary N) is 1. The Balaban J connectivity index is 1.69. The first kappa shape index (κ1) is 24.3. The maximum absolute atomic E-state index is 13.1. The van der Waals surface area contributed by atoms with E-state index < -0.39 is 16.1 Å². The highest BCUT2D eigenvalue weighted by Crippen LogP contribution is 2.23. The van der Waals surface area contributed by atoms with Gasteiger partial charge in [0.15, 0.2) is 0 Å². The van der Waals surface area contributed by atoms with Crippen LogP contribution in [0.5, 0.6) is 0 Å². The van der Waals surface area contributed by atoms with Crippen molar-refractivity contribution in [2.24, 2.45) is 0 Å². The lowest BCUT2D eigenvalue weighted by atomic mass is 10.1. The van der Waals surface area contributed by atoms with Gasteiger partial charge in [0.25, 0.3) is 0 Å². The van der Waals surface area contributed by atoms with Gasteiger partial charge in [0, 0.05) is 13.1 Å². The highest BCUT2D eigenvalue weighted by molar-refractivity contribution is 7.92. The number of benzene rings is 2. The second-order valence-electron chi connectivity index (χ2n) is 8.69. The van der Waals surface area contributed by atoms with Crippen molar-refractivity contribution in [2.45, 2.75) is 58.7 Å². The third kappa shape index (κ3) is 6.56. The minimum absolute atomic E-state index is 0.292. The van der Waals surface area contributed by atoms with Crippen molar-refractivity contribution in [1.29, 1.82) is 0 Å². The lowest BCUT2D eigenvalue weighted by Crippen LogP contribution is -2.49. The Hall–Kier alpha value is -2.38. The number of carbonyl (C=O) groups is 1. The normalized spacial score (nSPS) is 15.8. The van der Waals surface area contributed by atoms with Gasteiger partial charge in [-0.2, -0.15) is 0 Å². The number of rotatable bonds is 9. The quantitative estimate of drug-likeness (QED) is 0.621. The fraction of sp³-hybridized carbons (Fsp3) is 0.480. The molecule has 0 spiro atoms. The minimum atomic E-state index is -3.63. The summed E-state index contributed by atoms with van der Waals surface area (Å²) in [4.78, 5) is 15.5. The molecule has 6 nitrogen and oxygen atoms in total. The molecule has 1 fully saturated rings. The third-order valence-electron chi connectivity index (χ3n) is 5.93. The van der Waals surface area contributed by atoms with E-state index in [2.05, 4.69) is 22.3 Å². The average molecular weight is 458 g/mol. The SMILES string of the molecule is CCC(C(=O)NCc1cccc(CN2CCCCC2)c1)N(c1ccc(C)cc1)S(C)(=O)=O. The van der Waals surface area contributed by atoms with Crippen molar-refractivity contribution < 1.29 is 13.2 Å². The smallest absolute Gasteiger partial charge is 0.244 e. The van der Waals surface area contributed by atoms with Crippen LogP contribution in [0.15, 0.2) is 48.5 Å². The van der Waals surface area contributed by atoms with E-state index in [1.807, 2.05) is 38.1 Å². The summed E-state index contributed by atoms with van der Waals surface area (Å²) in [5, 5.41) is 2.96. The molecule has 0 bridgehead atoms. The largest absolute Gasteiger partial charge is 0.350 e. The minimum Gasteiger partial charge on any atom is -0.350 e. The summed E-state index contributed by atoms with van der Waals surface area (Å²) >= 11 is 0. The predicted octanol–water partition coefficient (Wildman–Crippen LogP) is 3.84. The number of sulfonamides is 1. The molecule has 0 aromatic heterocycles. The molecule has 2 aromatic carbocycles. The van der Waals surface area contributed by atoms with E-state index in [4.69, 9.17) is 0 Å². The molecule has 1 heterocycles. The number of hydrogen-bond donors (Lipinski definition) is 1. The van der Waals surface area contributed by atoms with Crippen LogP contribution in [0.25, 0.3) is 0 Å². The molecule has 0 radical (unpaired) electrons. The van der Waals surface area contributed by atoms with Gasteiger partial charge in [-0.1, -0.05) is 55.3 Å². The molecule has 1 N–H and O–H groups in total. The summed E-state index contributed by atoms with van der Waals surface area (Å²) in [5.41, 5.74) is 3.79. The molecular weight excluding hydrogens is 422 g/mol. The van der Waals surface area contributed by atoms with Crippen molar-refractivity contribution in [1.82, 2.24) is 10.2 Å². The van der Waals surface area contributed by atoms with Gasteiger partial charge in [-0.25, -0.2) is 8.42 Å². The lowest BCUT2D eigenvalue weighted by Gasteiger charge is -2.30. The molecule has 1 atom stereocenters. The van der Waals surface area contributed by atoms with Crippen molar-refractivity contribution in [2.75, 3.05) is 23.7 Å². The Morgan fingerprint density at radius 2 is 1.72 bits per heavy atom. The molecule has 7 heteroatoms. The first-order valence-corrected chi connectivity index (χ1v) is 13.3. The first-order chi connectivity index (χ1) is 15.3. The fourth-order valence-corrected chi connectivity index (χ4v) is 5.48. The van der Waals surface area contributed by atoms with E-state index in [0.29, 0.717) is 18.7 Å². The van der Waals surface area contributed by atoms with Crippen LogP contribution in [0.3, 0.4) is 0 Å². The van der Waals surface area contributed by atoms with E-state index in [-0.39, 0.29) is 5.91 Å². The van der Waals surface area contributed by atoms with E-state index in [1.165, 1.54) is 29.1 Å². The molecular formula is C25H35N3O3S. The molecule has 3 rings (SSSR count). The van der Waals surface area contributed by atoms with Crippen LogP contribution in [0.4, 0.5) is 5.69 Å². The molecule has 174 valence electrons. The maximum atomic E-state index is 13.1. The summed E-state index contributed by atoms with van der Waals surface area (Å²) in [6, 6.07) is 14.7. The molecule has 1 saturated heterocycles. The van der Waals surface area contributed by atoms with E-state index in [1.54, 1.807) is 12.1 Å². The van der Waals surface area contributed by atoms with E-state index in [0.717, 1.165) is 37.0 Å². The Labute approximate surface area is 192 Å². The standard InChI is InChI=1S/C25H35N3O3S/c1-4-24(28(32(3,30)31)23-13-11-20(2)12-14-23)25(29)26-18-21-9-8-10-22(17-21)19-27-15-6-5-7-16-27/h8-14,17,24H,4-7,15-16,18-19H2,1-3H3,(H,26,29). The van der Waals surface area contributed by atoms with Gasteiger partial charge < -0.3 is 5.32 Å². The predicted molar refractivity (Wildman–Crippen MR) is 130 cm³/mol. The zero-order chi connectivity index (χ0) is 23.1. The molecule has 2 aromatic rings. The molecule has 0 aliphatic carbocycles. The monoisotopic (exact) mass is 457 g/mol. The van der Waals surface area contributed by atoms with Crippen LogP contribution in [0.1, 0.15) is 49.3 Å². The molecule has 32 heavy (non-hydrogen) atoms. The second kappa shape index (κ2) is 11.0. The van der Waals surface area contributed by atoms with Gasteiger partial charge in [0.2, 0.25) is 15.9 Å². The fourth-order valence-electron chi connectivity index (χ4n) is 4.27. The van der Waals surface area contributed by atoms with Gasteiger partial charge in [0.05, 0.1) is 11.9 Å². The van der Waals surface area contributed by atoms with Gasteiger partial charge in [0.1, 0.15) is 6.04 Å². The van der Waals surface area contributed by atoms with E-state index in [9.17, 15) is 13.2 Å². The highest BCUT2D eigenvalue weighted by Gasteiger charge is 2.31. The Morgan fingerprint density at radius 3 is 2.34 bits per heavy atom. The number of nitrogens with zero attached hydrogens (tertiary/aromatic N) is 2. The number of anilines is 1. The topological polar surface area (TPSA) is 69.7 Å². The van der Waals surface area contributed by atoms with E-state index >= 15 is 0 Å². The molecule has 0 saturated carbocycles. The van der Waals surface area contributed by atoms with Gasteiger partial charge >= 0.3 is 0 Å². The number of aryl methyl sites for hydroxylation is 1. The number of hydrogen-bond acceptors (Lipinski definition) is 4. The molecule has 1 aliphatic heterocycles. The van der Waals surface area contributed by atoms with Crippen molar-refractivity contribution in [3.05, 3.63) is 65.2 Å². The Bertz CT molecular complexity index is 999. The van der Waals surface area contributed by atoms with Crippen LogP contribution in [0, 0.1) is 6.92 Å². The molecule has 1 unspecified atom stereocenters. The van der Waals surface area contributed by atoms with Crippen LogP contribution < -0.4 is 9.62 Å². The van der Waals surface area contributed by atoms with Crippen molar-refractivity contribution in [3.63, 3.8) is 0 Å². The number of carbonyl (C=O) groups excluding carboxylic acids is 1. The average Bonchev–Trinajstić information content (AvgIpc) is 2.77. The summed E-state index contributed by atoms with van der Waals surface area (Å²) in [7, 11) is -3.63. The van der Waals surface area contributed by atoms with Crippen LogP contribution in [-0.2, 0) is 27.9 Å². The van der Waals surface area contributed by atoms with Crippen LogP contribution >= 0.6 is 0 Å². The van der Waals surface area contributed by atoms with Crippen molar-refractivity contribution in [3.8, 4) is 0 Å². The highest BCUT2D eigenvalue weighted by atomic mass is 32.2. The third-order valence-corrected chi connectivity index (χ3v) is 7.11. The van der Waals surface area contributed by atoms with Crippen LogP contribution in [-0.4, -0.2) is 44.6 Å². The second-order valence-corrected chi connectivity index (χ2v) is 10.6.